The molecule has 0 bridgehead atoms. The van der Waals surface area contributed by atoms with Gasteiger partial charge < -0.3 is 5.73 Å². The minimum atomic E-state index is -0.300. The predicted molar refractivity (Wildman–Crippen MR) is 79.4 cm³/mol. The van der Waals surface area contributed by atoms with Gasteiger partial charge in [-0.15, -0.1) is 0 Å². The first-order chi connectivity index (χ1) is 9.16. The van der Waals surface area contributed by atoms with E-state index in [-0.39, 0.29) is 10.9 Å². The lowest BCUT2D eigenvalue weighted by atomic mass is 10.0. The maximum Gasteiger partial charge on any atom is 0.184 e. The van der Waals surface area contributed by atoms with Crippen LogP contribution in [0, 0.1) is 5.82 Å². The maximum atomic E-state index is 14.0. The van der Waals surface area contributed by atoms with E-state index in [1.165, 1.54) is 12.3 Å². The summed E-state index contributed by atoms with van der Waals surface area (Å²) in [5, 5.41) is 3.84. The number of nitrogens with two attached hydrogens (primary N) is 1. The lowest BCUT2D eigenvalue weighted by Gasteiger charge is -2.04. The molecule has 0 aromatic heterocycles. The molecular formula is C14H12FN3S. The monoisotopic (exact) mass is 273 g/mol. The SMILES string of the molecule is NC(=S)NN=Cc1ccc(-c2ccccc2)c(F)c1. The van der Waals surface area contributed by atoms with Crippen molar-refractivity contribution >= 4 is 23.5 Å². The molecule has 0 aliphatic carbocycles. The van der Waals surface area contributed by atoms with E-state index in [4.69, 9.17) is 5.73 Å². The number of benzene rings is 2. The molecule has 2 rings (SSSR count). The molecule has 0 amide bonds. The Balaban J connectivity index is 2.23. The van der Waals surface area contributed by atoms with E-state index in [1.54, 1.807) is 12.1 Å². The maximum absolute atomic E-state index is 14.0. The third-order valence-corrected chi connectivity index (χ3v) is 2.56. The van der Waals surface area contributed by atoms with Gasteiger partial charge in [-0.25, -0.2) is 4.39 Å². The molecule has 96 valence electrons. The van der Waals surface area contributed by atoms with Crippen molar-refractivity contribution in [2.24, 2.45) is 10.8 Å². The fourth-order valence-corrected chi connectivity index (χ4v) is 1.69. The van der Waals surface area contributed by atoms with E-state index < -0.39 is 0 Å². The third-order valence-electron chi connectivity index (χ3n) is 2.47. The van der Waals surface area contributed by atoms with E-state index in [0.29, 0.717) is 11.1 Å². The number of hydrogen-bond acceptors (Lipinski definition) is 2. The smallest absolute Gasteiger partial charge is 0.184 e. The highest BCUT2D eigenvalue weighted by Gasteiger charge is 2.04. The van der Waals surface area contributed by atoms with Gasteiger partial charge in [0, 0.05) is 5.56 Å². The molecule has 3 nitrogen and oxygen atoms in total. The van der Waals surface area contributed by atoms with Gasteiger partial charge in [-0.3, -0.25) is 5.43 Å². The van der Waals surface area contributed by atoms with Crippen molar-refractivity contribution in [1.82, 2.24) is 5.43 Å². The van der Waals surface area contributed by atoms with Crippen LogP contribution in [-0.2, 0) is 0 Å². The Morgan fingerprint density at radius 2 is 1.95 bits per heavy atom. The van der Waals surface area contributed by atoms with Gasteiger partial charge in [0.25, 0.3) is 0 Å². The second-order valence-corrected chi connectivity index (χ2v) is 4.28. The van der Waals surface area contributed by atoms with Crippen molar-refractivity contribution in [3.63, 3.8) is 0 Å². The minimum Gasteiger partial charge on any atom is -0.375 e. The molecular weight excluding hydrogens is 261 g/mol. The molecule has 2 aromatic carbocycles. The Morgan fingerprint density at radius 1 is 1.21 bits per heavy atom. The van der Waals surface area contributed by atoms with Crippen LogP contribution in [0.3, 0.4) is 0 Å². The topological polar surface area (TPSA) is 50.4 Å². The van der Waals surface area contributed by atoms with Gasteiger partial charge in [-0.1, -0.05) is 42.5 Å². The van der Waals surface area contributed by atoms with Crippen LogP contribution in [0.5, 0.6) is 0 Å². The van der Waals surface area contributed by atoms with Crippen molar-refractivity contribution in [1.29, 1.82) is 0 Å². The van der Waals surface area contributed by atoms with E-state index in [0.717, 1.165) is 5.56 Å². The molecule has 0 unspecified atom stereocenters. The number of nitrogens with one attached hydrogen (secondary N) is 1. The van der Waals surface area contributed by atoms with E-state index in [9.17, 15) is 4.39 Å². The van der Waals surface area contributed by atoms with Crippen molar-refractivity contribution in [3.05, 3.63) is 59.9 Å². The Hall–Kier alpha value is -2.27. The van der Waals surface area contributed by atoms with E-state index in [2.05, 4.69) is 22.7 Å². The van der Waals surface area contributed by atoms with Crippen LogP contribution in [0.4, 0.5) is 4.39 Å². The van der Waals surface area contributed by atoms with Crippen LogP contribution in [0.2, 0.25) is 0 Å². The van der Waals surface area contributed by atoms with Crippen LogP contribution >= 0.6 is 12.2 Å². The number of hydrogen-bond donors (Lipinski definition) is 2. The van der Waals surface area contributed by atoms with Gasteiger partial charge in [0.15, 0.2) is 5.11 Å². The average molecular weight is 273 g/mol. The van der Waals surface area contributed by atoms with Gasteiger partial charge in [0.2, 0.25) is 0 Å². The number of nitrogens with zero attached hydrogens (tertiary/aromatic N) is 1. The third kappa shape index (κ3) is 3.59. The summed E-state index contributed by atoms with van der Waals surface area (Å²) in [5.41, 5.74) is 9.65. The zero-order valence-electron chi connectivity index (χ0n) is 10.0. The molecule has 0 heterocycles. The van der Waals surface area contributed by atoms with Gasteiger partial charge in [-0.05, 0) is 29.4 Å². The molecule has 0 aliphatic heterocycles. The van der Waals surface area contributed by atoms with Crippen molar-refractivity contribution in [2.75, 3.05) is 0 Å². The summed E-state index contributed by atoms with van der Waals surface area (Å²) < 4.78 is 14.0. The first-order valence-electron chi connectivity index (χ1n) is 5.60. The van der Waals surface area contributed by atoms with Gasteiger partial charge in [0.1, 0.15) is 5.82 Å². The first-order valence-corrected chi connectivity index (χ1v) is 6.01. The largest absolute Gasteiger partial charge is 0.375 e. The Bertz CT molecular complexity index is 611. The zero-order chi connectivity index (χ0) is 13.7. The summed E-state index contributed by atoms with van der Waals surface area (Å²) in [5.74, 6) is -0.300. The van der Waals surface area contributed by atoms with E-state index in [1.807, 2.05) is 30.3 Å². The second kappa shape index (κ2) is 6.06. The quantitative estimate of drug-likeness (QED) is 0.513. The molecule has 0 saturated carbocycles. The molecule has 0 saturated heterocycles. The van der Waals surface area contributed by atoms with Gasteiger partial charge in [0.05, 0.1) is 6.21 Å². The normalized spacial score (nSPS) is 10.6. The first kappa shape index (κ1) is 13.2. The van der Waals surface area contributed by atoms with Crippen LogP contribution in [-0.4, -0.2) is 11.3 Å². The minimum absolute atomic E-state index is 0.0672. The number of halogens is 1. The van der Waals surface area contributed by atoms with Crippen molar-refractivity contribution in [3.8, 4) is 11.1 Å². The highest BCUT2D eigenvalue weighted by Crippen LogP contribution is 2.22. The van der Waals surface area contributed by atoms with Crippen LogP contribution in [0.1, 0.15) is 5.56 Å². The second-order valence-electron chi connectivity index (χ2n) is 3.84. The molecule has 2 aromatic rings. The van der Waals surface area contributed by atoms with Crippen LogP contribution in [0.25, 0.3) is 11.1 Å². The Morgan fingerprint density at radius 3 is 2.58 bits per heavy atom. The standard InChI is InChI=1S/C14H12FN3S/c15-13-8-10(9-17-18-14(16)19)6-7-12(13)11-4-2-1-3-5-11/h1-9H,(H3,16,18,19). The molecule has 19 heavy (non-hydrogen) atoms. The Labute approximate surface area is 115 Å². The molecule has 0 atom stereocenters. The number of thiocarbonyl (C=S) groups is 1. The Kier molecular flexibility index (Phi) is 4.20. The lowest BCUT2D eigenvalue weighted by molar-refractivity contribution is 0.631. The fourth-order valence-electron chi connectivity index (χ4n) is 1.63. The zero-order valence-corrected chi connectivity index (χ0v) is 10.8. The summed E-state index contributed by atoms with van der Waals surface area (Å²) in [4.78, 5) is 0. The number of hydrazone groups is 1. The van der Waals surface area contributed by atoms with E-state index >= 15 is 0 Å². The van der Waals surface area contributed by atoms with Crippen LogP contribution < -0.4 is 11.2 Å². The highest BCUT2D eigenvalue weighted by molar-refractivity contribution is 7.80. The summed E-state index contributed by atoms with van der Waals surface area (Å²) in [6.07, 6.45) is 1.46. The van der Waals surface area contributed by atoms with Crippen molar-refractivity contribution in [2.45, 2.75) is 0 Å². The van der Waals surface area contributed by atoms with Gasteiger partial charge >= 0.3 is 0 Å². The summed E-state index contributed by atoms with van der Waals surface area (Å²) in [6, 6.07) is 14.3. The molecule has 0 radical (unpaired) electrons. The van der Waals surface area contributed by atoms with Crippen molar-refractivity contribution < 1.29 is 4.39 Å². The van der Waals surface area contributed by atoms with Gasteiger partial charge in [-0.2, -0.15) is 5.10 Å². The molecule has 3 N–H and O–H groups in total. The predicted octanol–water partition coefficient (Wildman–Crippen LogP) is 2.66. The summed E-state index contributed by atoms with van der Waals surface area (Å²) in [6.45, 7) is 0. The average Bonchev–Trinajstić information content (AvgIpc) is 2.39. The fraction of sp³-hybridized carbons (Fsp3) is 0. The number of rotatable bonds is 3. The summed E-state index contributed by atoms with van der Waals surface area (Å²) in [7, 11) is 0. The molecule has 0 fully saturated rings. The highest BCUT2D eigenvalue weighted by atomic mass is 32.1. The molecule has 0 spiro atoms. The molecule has 0 aliphatic rings. The molecule has 5 heteroatoms. The van der Waals surface area contributed by atoms with Crippen LogP contribution in [0.15, 0.2) is 53.6 Å². The lowest BCUT2D eigenvalue weighted by Crippen LogP contribution is -2.23. The summed E-state index contributed by atoms with van der Waals surface area (Å²) >= 11 is 4.60.